The molecule has 0 aliphatic rings. The van der Waals surface area contributed by atoms with Crippen LogP contribution in [0.4, 0.5) is 0 Å². The van der Waals surface area contributed by atoms with E-state index in [1.54, 1.807) is 6.92 Å². The predicted molar refractivity (Wildman–Crippen MR) is 25.4 cm³/mol. The Kier molecular flexibility index (Phi) is 4.65. The van der Waals surface area contributed by atoms with E-state index in [9.17, 15) is 0 Å². The van der Waals surface area contributed by atoms with Crippen LogP contribution in [-0.2, 0) is 0 Å². The predicted octanol–water partition coefficient (Wildman–Crippen LogP) is -2.33. The van der Waals surface area contributed by atoms with Gasteiger partial charge in [-0.25, -0.2) is 0 Å². The minimum atomic E-state index is 0. The van der Waals surface area contributed by atoms with Crippen molar-refractivity contribution < 1.29 is 62.6 Å². The Labute approximate surface area is 101 Å². The molecule has 0 spiro atoms. The Bertz CT molecular complexity index is 205. The smallest absolute Gasteiger partial charge is 0.532 e. The molecule has 1 rings (SSSR count). The Morgan fingerprint density at radius 1 is 1.75 bits per heavy atom. The summed E-state index contributed by atoms with van der Waals surface area (Å²) in [4.78, 5) is 0.206. The first-order valence-electron chi connectivity index (χ1n) is 1.76. The molecule has 8 heavy (non-hydrogen) atoms. The third-order valence-corrected chi connectivity index (χ3v) is 0.672. The topological polar surface area (TPSA) is 40.1 Å². The summed E-state index contributed by atoms with van der Waals surface area (Å²) in [5.41, 5.74) is 0. The van der Waals surface area contributed by atoms with Crippen LogP contribution >= 0.6 is 12.2 Å². The SMILES string of the molecule is Cc1n[n-]c(=S)o1.[Rb+]. The molecule has 1 aromatic rings. The first kappa shape index (κ1) is 9.17. The molecule has 1 heterocycles. The third-order valence-electron chi connectivity index (χ3n) is 0.507. The average Bonchev–Trinajstić information content (AvgIpc) is 1.87. The number of rotatable bonds is 0. The van der Waals surface area contributed by atoms with Gasteiger partial charge in [0, 0.05) is 6.92 Å². The second-order valence-electron chi connectivity index (χ2n) is 1.09. The Hall–Kier alpha value is 1.17. The molecular formula is C3H3N2ORbS. The van der Waals surface area contributed by atoms with Crippen molar-refractivity contribution in [2.45, 2.75) is 6.92 Å². The van der Waals surface area contributed by atoms with Crippen LogP contribution in [-0.4, -0.2) is 5.10 Å². The number of hydrogen-bond acceptors (Lipinski definition) is 3. The van der Waals surface area contributed by atoms with E-state index in [1.165, 1.54) is 0 Å². The first-order valence-corrected chi connectivity index (χ1v) is 2.17. The van der Waals surface area contributed by atoms with Crippen LogP contribution in [0.25, 0.3) is 0 Å². The number of nitrogens with zero attached hydrogens (tertiary/aromatic N) is 2. The first-order chi connectivity index (χ1) is 3.29. The van der Waals surface area contributed by atoms with Gasteiger partial charge in [-0.1, -0.05) is 12.2 Å². The van der Waals surface area contributed by atoms with Crippen LogP contribution in [0.1, 0.15) is 5.89 Å². The second-order valence-corrected chi connectivity index (χ2v) is 1.44. The normalized spacial score (nSPS) is 8.12. The number of aryl methyl sites for hydroxylation is 1. The van der Waals surface area contributed by atoms with Gasteiger partial charge >= 0.3 is 58.2 Å². The van der Waals surface area contributed by atoms with Crippen molar-refractivity contribution in [1.29, 1.82) is 0 Å². The number of hydrogen-bond donors (Lipinski definition) is 0. The van der Waals surface area contributed by atoms with Crippen LogP contribution in [0, 0.1) is 11.8 Å². The van der Waals surface area contributed by atoms with E-state index in [4.69, 9.17) is 0 Å². The van der Waals surface area contributed by atoms with Gasteiger partial charge in [-0.2, -0.15) is 0 Å². The van der Waals surface area contributed by atoms with Crippen molar-refractivity contribution in [2.24, 2.45) is 0 Å². The molecular weight excluding hydrogens is 198 g/mol. The summed E-state index contributed by atoms with van der Waals surface area (Å²) in [6.07, 6.45) is 0. The number of aromatic nitrogens is 2. The summed E-state index contributed by atoms with van der Waals surface area (Å²) in [5.74, 6) is 0.519. The summed E-state index contributed by atoms with van der Waals surface area (Å²) < 4.78 is 4.68. The fraction of sp³-hybridized carbons (Fsp3) is 0.333. The minimum absolute atomic E-state index is 0. The maximum absolute atomic E-state index is 4.68. The molecule has 0 aliphatic heterocycles. The quantitative estimate of drug-likeness (QED) is 0.441. The van der Waals surface area contributed by atoms with E-state index in [0.717, 1.165) is 0 Å². The van der Waals surface area contributed by atoms with Crippen molar-refractivity contribution in [3.05, 3.63) is 10.7 Å². The van der Waals surface area contributed by atoms with Crippen molar-refractivity contribution >= 4 is 12.2 Å². The van der Waals surface area contributed by atoms with E-state index < -0.39 is 0 Å². The fourth-order valence-electron chi connectivity index (χ4n) is 0.278. The van der Waals surface area contributed by atoms with Crippen LogP contribution in [0.5, 0.6) is 0 Å². The molecule has 0 aliphatic carbocycles. The van der Waals surface area contributed by atoms with E-state index in [0.29, 0.717) is 5.89 Å². The van der Waals surface area contributed by atoms with E-state index >= 15 is 0 Å². The Morgan fingerprint density at radius 2 is 2.38 bits per heavy atom. The van der Waals surface area contributed by atoms with Crippen molar-refractivity contribution in [3.63, 3.8) is 0 Å². The molecule has 3 nitrogen and oxygen atoms in total. The van der Waals surface area contributed by atoms with Gasteiger partial charge in [-0.15, -0.1) is 0 Å². The van der Waals surface area contributed by atoms with Gasteiger partial charge in [0.1, 0.15) is 4.84 Å². The molecule has 1 aromatic heterocycles. The maximum Gasteiger partial charge on any atom is 1.00 e. The molecule has 0 N–H and O–H groups in total. The Balaban J connectivity index is 0.000000490. The van der Waals surface area contributed by atoms with Crippen LogP contribution in [0.2, 0.25) is 0 Å². The largest absolute Gasteiger partial charge is 1.00 e. The molecule has 0 saturated carbocycles. The monoisotopic (exact) mass is 200 g/mol. The molecule has 38 valence electrons. The van der Waals surface area contributed by atoms with Gasteiger partial charge in [0.15, 0.2) is 5.89 Å². The molecule has 0 bridgehead atoms. The summed E-state index contributed by atoms with van der Waals surface area (Å²) >= 11 is 4.49. The molecule has 0 aromatic carbocycles. The third kappa shape index (κ3) is 2.64. The van der Waals surface area contributed by atoms with Crippen molar-refractivity contribution in [3.8, 4) is 0 Å². The standard InChI is InChI=1S/C3H4N2OS.Rb/c1-2-4-5-3(7)6-2;/h1H3,(H,5,7);/q;+1/p-1. The van der Waals surface area contributed by atoms with Crippen LogP contribution in [0.15, 0.2) is 4.42 Å². The summed E-state index contributed by atoms with van der Waals surface area (Å²) in [6, 6.07) is 0. The summed E-state index contributed by atoms with van der Waals surface area (Å²) in [5, 5.41) is 6.91. The second kappa shape index (κ2) is 4.06. The molecule has 0 radical (unpaired) electrons. The molecule has 0 unspecified atom stereocenters. The molecule has 0 amide bonds. The zero-order valence-electron chi connectivity index (χ0n) is 4.71. The molecule has 0 fully saturated rings. The molecule has 0 atom stereocenters. The van der Waals surface area contributed by atoms with E-state index in [2.05, 4.69) is 26.8 Å². The van der Waals surface area contributed by atoms with Gasteiger partial charge in [-0.05, 0) is 0 Å². The van der Waals surface area contributed by atoms with Gasteiger partial charge in [0.25, 0.3) is 0 Å². The van der Waals surface area contributed by atoms with Crippen LogP contribution in [0.3, 0.4) is 0 Å². The van der Waals surface area contributed by atoms with Gasteiger partial charge in [-0.3, -0.25) is 0 Å². The van der Waals surface area contributed by atoms with Crippen LogP contribution < -0.4 is 63.3 Å². The fourth-order valence-corrected chi connectivity index (χ4v) is 0.440. The van der Waals surface area contributed by atoms with Gasteiger partial charge < -0.3 is 14.6 Å². The van der Waals surface area contributed by atoms with E-state index in [-0.39, 0.29) is 63.0 Å². The van der Waals surface area contributed by atoms with E-state index in [1.807, 2.05) is 0 Å². The Morgan fingerprint density at radius 3 is 2.50 bits per heavy atom. The molecule has 5 heteroatoms. The van der Waals surface area contributed by atoms with Crippen molar-refractivity contribution in [2.75, 3.05) is 0 Å². The summed E-state index contributed by atoms with van der Waals surface area (Å²) in [6.45, 7) is 1.70. The van der Waals surface area contributed by atoms with Crippen molar-refractivity contribution in [1.82, 2.24) is 10.2 Å². The molecule has 0 saturated heterocycles. The van der Waals surface area contributed by atoms with Gasteiger partial charge in [0.2, 0.25) is 0 Å². The minimum Gasteiger partial charge on any atom is -0.532 e. The van der Waals surface area contributed by atoms with Gasteiger partial charge in [0.05, 0.1) is 0 Å². The zero-order valence-corrected chi connectivity index (χ0v) is 10.4. The average molecular weight is 201 g/mol. The maximum atomic E-state index is 4.68. The zero-order chi connectivity index (χ0) is 5.28. The summed E-state index contributed by atoms with van der Waals surface area (Å²) in [7, 11) is 0.